The van der Waals surface area contributed by atoms with E-state index >= 15 is 0 Å². The van der Waals surface area contributed by atoms with Crippen molar-refractivity contribution in [1.29, 1.82) is 5.26 Å². The lowest BCUT2D eigenvalue weighted by atomic mass is 10.1. The van der Waals surface area contributed by atoms with Crippen molar-refractivity contribution >= 4 is 27.5 Å². The smallest absolute Gasteiger partial charge is 0.253 e. The van der Waals surface area contributed by atoms with Crippen molar-refractivity contribution in [3.05, 3.63) is 64.2 Å². The summed E-state index contributed by atoms with van der Waals surface area (Å²) in [7, 11) is -3.73. The predicted octanol–water partition coefficient (Wildman–Crippen LogP) is 2.83. The number of hydrogen-bond donors (Lipinski definition) is 2. The van der Waals surface area contributed by atoms with Crippen LogP contribution in [0.25, 0.3) is 0 Å². The highest BCUT2D eigenvalue weighted by atomic mass is 35.5. The lowest BCUT2D eigenvalue weighted by molar-refractivity contribution is 0.0951. The van der Waals surface area contributed by atoms with Gasteiger partial charge in [-0.25, -0.2) is 13.1 Å². The van der Waals surface area contributed by atoms with Gasteiger partial charge in [0.2, 0.25) is 10.0 Å². The van der Waals surface area contributed by atoms with Crippen LogP contribution in [0.1, 0.15) is 35.3 Å². The molecule has 0 bridgehead atoms. The molecule has 0 unspecified atom stereocenters. The molecule has 136 valence electrons. The Hall–Kier alpha value is -2.40. The zero-order valence-corrected chi connectivity index (χ0v) is 15.9. The SMILES string of the molecule is CC(C)NS(=O)(=O)c1ccc(Cl)c(C(=O)NCc2ccc(C#N)cc2)c1. The molecule has 6 nitrogen and oxygen atoms in total. The Morgan fingerprint density at radius 3 is 2.42 bits per heavy atom. The molecule has 2 rings (SSSR count). The normalized spacial score (nSPS) is 11.2. The van der Waals surface area contributed by atoms with Gasteiger partial charge in [0.1, 0.15) is 0 Å². The molecular formula is C18H18ClN3O3S. The first-order valence-corrected chi connectivity index (χ1v) is 9.68. The zero-order valence-electron chi connectivity index (χ0n) is 14.3. The molecule has 0 fully saturated rings. The molecule has 0 saturated carbocycles. The van der Waals surface area contributed by atoms with Gasteiger partial charge >= 0.3 is 0 Å². The van der Waals surface area contributed by atoms with Crippen molar-refractivity contribution in [1.82, 2.24) is 10.0 Å². The van der Waals surface area contributed by atoms with E-state index in [0.29, 0.717) is 5.56 Å². The van der Waals surface area contributed by atoms with Crippen LogP contribution in [0.3, 0.4) is 0 Å². The van der Waals surface area contributed by atoms with Gasteiger partial charge in [0, 0.05) is 12.6 Å². The van der Waals surface area contributed by atoms with Crippen LogP contribution in [-0.4, -0.2) is 20.4 Å². The first kappa shape index (κ1) is 19.9. The average Bonchev–Trinajstić information content (AvgIpc) is 2.59. The number of halogens is 1. The largest absolute Gasteiger partial charge is 0.348 e. The van der Waals surface area contributed by atoms with Crippen molar-refractivity contribution in [2.24, 2.45) is 0 Å². The van der Waals surface area contributed by atoms with Gasteiger partial charge in [-0.05, 0) is 49.7 Å². The molecule has 26 heavy (non-hydrogen) atoms. The fraction of sp³-hybridized carbons (Fsp3) is 0.222. The van der Waals surface area contributed by atoms with E-state index in [0.717, 1.165) is 5.56 Å². The lowest BCUT2D eigenvalue weighted by Gasteiger charge is -2.12. The minimum Gasteiger partial charge on any atom is -0.348 e. The van der Waals surface area contributed by atoms with Gasteiger partial charge in [-0.1, -0.05) is 23.7 Å². The van der Waals surface area contributed by atoms with E-state index in [2.05, 4.69) is 10.0 Å². The third-order valence-electron chi connectivity index (χ3n) is 3.42. The number of nitrogens with one attached hydrogen (secondary N) is 2. The number of sulfonamides is 1. The summed E-state index contributed by atoms with van der Waals surface area (Å²) in [5.74, 6) is -0.485. The maximum atomic E-state index is 12.4. The Morgan fingerprint density at radius 2 is 1.85 bits per heavy atom. The molecule has 8 heteroatoms. The van der Waals surface area contributed by atoms with Gasteiger partial charge in [0.25, 0.3) is 5.91 Å². The number of rotatable bonds is 6. The topological polar surface area (TPSA) is 99.1 Å². The molecule has 0 heterocycles. The Kier molecular flexibility index (Phi) is 6.37. The van der Waals surface area contributed by atoms with Gasteiger partial charge in [-0.2, -0.15) is 5.26 Å². The van der Waals surface area contributed by atoms with Gasteiger partial charge in [-0.15, -0.1) is 0 Å². The van der Waals surface area contributed by atoms with E-state index in [9.17, 15) is 13.2 Å². The summed E-state index contributed by atoms with van der Waals surface area (Å²) < 4.78 is 27.0. The number of amides is 1. The van der Waals surface area contributed by atoms with Crippen LogP contribution < -0.4 is 10.0 Å². The third-order valence-corrected chi connectivity index (χ3v) is 5.41. The van der Waals surface area contributed by atoms with Gasteiger partial charge < -0.3 is 5.32 Å². The van der Waals surface area contributed by atoms with E-state index in [4.69, 9.17) is 16.9 Å². The van der Waals surface area contributed by atoms with Crippen LogP contribution in [0.2, 0.25) is 5.02 Å². The van der Waals surface area contributed by atoms with Crippen molar-refractivity contribution in [2.75, 3.05) is 0 Å². The summed E-state index contributed by atoms with van der Waals surface area (Å²) in [5.41, 5.74) is 1.41. The van der Waals surface area contributed by atoms with Gasteiger partial charge in [0.15, 0.2) is 0 Å². The first-order chi connectivity index (χ1) is 12.2. The van der Waals surface area contributed by atoms with Crippen LogP contribution in [0, 0.1) is 11.3 Å². The Labute approximate surface area is 157 Å². The van der Waals surface area contributed by atoms with Crippen molar-refractivity contribution in [3.8, 4) is 6.07 Å². The number of carbonyl (C=O) groups is 1. The summed E-state index contributed by atoms with van der Waals surface area (Å²) in [6, 6.07) is 12.5. The molecule has 0 spiro atoms. The molecule has 0 aromatic heterocycles. The average molecular weight is 392 g/mol. The van der Waals surface area contributed by atoms with Crippen LogP contribution in [0.4, 0.5) is 0 Å². The minimum atomic E-state index is -3.73. The molecule has 0 aliphatic carbocycles. The molecule has 2 aromatic carbocycles. The molecule has 0 radical (unpaired) electrons. The highest BCUT2D eigenvalue weighted by molar-refractivity contribution is 7.89. The highest BCUT2D eigenvalue weighted by Gasteiger charge is 2.19. The van der Waals surface area contributed by atoms with Gasteiger partial charge in [0.05, 0.1) is 27.1 Å². The first-order valence-electron chi connectivity index (χ1n) is 7.82. The van der Waals surface area contributed by atoms with Crippen LogP contribution in [0.15, 0.2) is 47.4 Å². The van der Waals surface area contributed by atoms with Crippen molar-refractivity contribution in [3.63, 3.8) is 0 Å². The second-order valence-corrected chi connectivity index (χ2v) is 8.03. The fourth-order valence-corrected chi connectivity index (χ4v) is 3.68. The Morgan fingerprint density at radius 1 is 1.19 bits per heavy atom. The molecular weight excluding hydrogens is 374 g/mol. The summed E-state index contributed by atoms with van der Waals surface area (Å²) in [5, 5.41) is 11.6. The summed E-state index contributed by atoms with van der Waals surface area (Å²) in [4.78, 5) is 12.4. The predicted molar refractivity (Wildman–Crippen MR) is 99.2 cm³/mol. The molecule has 0 atom stereocenters. The number of carbonyl (C=O) groups excluding carboxylic acids is 1. The van der Waals surface area contributed by atoms with E-state index in [1.54, 1.807) is 38.1 Å². The van der Waals surface area contributed by atoms with E-state index in [1.165, 1.54) is 18.2 Å². The number of nitriles is 1. The zero-order chi connectivity index (χ0) is 19.3. The Bertz CT molecular complexity index is 949. The lowest BCUT2D eigenvalue weighted by Crippen LogP contribution is -2.30. The molecule has 2 N–H and O–H groups in total. The van der Waals surface area contributed by atoms with Gasteiger partial charge in [-0.3, -0.25) is 4.79 Å². The number of nitrogens with zero attached hydrogens (tertiary/aromatic N) is 1. The molecule has 0 saturated heterocycles. The van der Waals surface area contributed by atoms with Crippen LogP contribution in [0.5, 0.6) is 0 Å². The highest BCUT2D eigenvalue weighted by Crippen LogP contribution is 2.21. The molecule has 2 aromatic rings. The summed E-state index contributed by atoms with van der Waals surface area (Å²) >= 11 is 6.06. The summed E-state index contributed by atoms with van der Waals surface area (Å²) in [6.45, 7) is 3.64. The third kappa shape index (κ3) is 5.05. The van der Waals surface area contributed by atoms with Crippen molar-refractivity contribution in [2.45, 2.75) is 31.3 Å². The molecule has 1 amide bonds. The quantitative estimate of drug-likeness (QED) is 0.790. The summed E-state index contributed by atoms with van der Waals surface area (Å²) in [6.07, 6.45) is 0. The second-order valence-electron chi connectivity index (χ2n) is 5.91. The fourth-order valence-electron chi connectivity index (χ4n) is 2.20. The second kappa shape index (κ2) is 8.32. The van der Waals surface area contributed by atoms with Crippen molar-refractivity contribution < 1.29 is 13.2 Å². The molecule has 0 aliphatic heterocycles. The number of benzene rings is 2. The molecule has 0 aliphatic rings. The number of hydrogen-bond acceptors (Lipinski definition) is 4. The van der Waals surface area contributed by atoms with Crippen LogP contribution >= 0.6 is 11.6 Å². The standard InChI is InChI=1S/C18H18ClN3O3S/c1-12(2)22-26(24,25)15-7-8-17(19)16(9-15)18(23)21-11-14-5-3-13(10-20)4-6-14/h3-9,12,22H,11H2,1-2H3,(H,21,23). The van der Waals surface area contributed by atoms with E-state index in [-0.39, 0.29) is 28.1 Å². The Balaban J connectivity index is 2.17. The minimum absolute atomic E-state index is 0.0286. The monoisotopic (exact) mass is 391 g/mol. The maximum Gasteiger partial charge on any atom is 0.253 e. The maximum absolute atomic E-state index is 12.4. The van der Waals surface area contributed by atoms with Crippen LogP contribution in [-0.2, 0) is 16.6 Å². The van der Waals surface area contributed by atoms with E-state index < -0.39 is 15.9 Å². The van der Waals surface area contributed by atoms with E-state index in [1.807, 2.05) is 6.07 Å².